The van der Waals surface area contributed by atoms with Gasteiger partial charge in [-0.05, 0) is 19.8 Å². The smallest absolute Gasteiger partial charge is 0.315 e. The van der Waals surface area contributed by atoms with Crippen molar-refractivity contribution in [1.29, 1.82) is 0 Å². The van der Waals surface area contributed by atoms with Gasteiger partial charge in [-0.3, -0.25) is 14.9 Å². The molecular weight excluding hydrogens is 366 g/mol. The standard InChI is InChI=1S/C19H17N3O4S/c1-2-25-18(24)12-8-9-14-15(12)21-19(27-14)22-16(23)17-20-10-13(26-17)11-6-4-3-5-7-11/h3-7,10,12H,2,8-9H2,1H3,(H,21,22,23). The van der Waals surface area contributed by atoms with Gasteiger partial charge in [0.1, 0.15) is 5.92 Å². The summed E-state index contributed by atoms with van der Waals surface area (Å²) in [6.45, 7) is 2.12. The van der Waals surface area contributed by atoms with Gasteiger partial charge < -0.3 is 9.15 Å². The molecule has 0 fully saturated rings. The molecular formula is C19H17N3O4S. The van der Waals surface area contributed by atoms with Crippen LogP contribution in [0.15, 0.2) is 40.9 Å². The van der Waals surface area contributed by atoms with Crippen LogP contribution in [0.4, 0.5) is 5.13 Å². The first-order chi connectivity index (χ1) is 13.2. The summed E-state index contributed by atoms with van der Waals surface area (Å²) in [5, 5.41) is 3.13. The maximum absolute atomic E-state index is 12.4. The number of aryl methyl sites for hydroxylation is 1. The predicted octanol–water partition coefficient (Wildman–Crippen LogP) is 3.64. The van der Waals surface area contributed by atoms with Crippen LogP contribution >= 0.6 is 11.3 Å². The lowest BCUT2D eigenvalue weighted by Gasteiger charge is -2.07. The molecule has 1 aliphatic carbocycles. The van der Waals surface area contributed by atoms with Gasteiger partial charge >= 0.3 is 11.9 Å². The first-order valence-electron chi connectivity index (χ1n) is 8.64. The molecule has 0 spiro atoms. The quantitative estimate of drug-likeness (QED) is 0.676. The Hall–Kier alpha value is -3.00. The minimum Gasteiger partial charge on any atom is -0.465 e. The Balaban J connectivity index is 1.48. The normalized spacial score (nSPS) is 15.4. The van der Waals surface area contributed by atoms with E-state index in [-0.39, 0.29) is 17.8 Å². The summed E-state index contributed by atoms with van der Waals surface area (Å²) in [4.78, 5) is 33.9. The molecule has 8 heteroatoms. The molecule has 1 N–H and O–H groups in total. The van der Waals surface area contributed by atoms with Gasteiger partial charge in [0.15, 0.2) is 10.9 Å². The van der Waals surface area contributed by atoms with Crippen LogP contribution in [0.25, 0.3) is 11.3 Å². The molecule has 3 aromatic rings. The number of carbonyl (C=O) groups is 2. The molecule has 4 rings (SSSR count). The number of nitrogens with one attached hydrogen (secondary N) is 1. The first-order valence-corrected chi connectivity index (χ1v) is 9.46. The lowest BCUT2D eigenvalue weighted by molar-refractivity contribution is -0.145. The van der Waals surface area contributed by atoms with Crippen LogP contribution in [0.1, 0.15) is 40.5 Å². The van der Waals surface area contributed by atoms with E-state index in [1.807, 2.05) is 30.3 Å². The number of amides is 1. The highest BCUT2D eigenvalue weighted by Gasteiger charge is 2.34. The fourth-order valence-corrected chi connectivity index (χ4v) is 4.05. The van der Waals surface area contributed by atoms with E-state index in [4.69, 9.17) is 9.15 Å². The summed E-state index contributed by atoms with van der Waals surface area (Å²) in [6.07, 6.45) is 2.97. The minimum atomic E-state index is -0.475. The third kappa shape index (κ3) is 3.48. The van der Waals surface area contributed by atoms with E-state index in [1.165, 1.54) is 17.5 Å². The van der Waals surface area contributed by atoms with Crippen molar-refractivity contribution in [1.82, 2.24) is 9.97 Å². The van der Waals surface area contributed by atoms with E-state index < -0.39 is 5.91 Å². The van der Waals surface area contributed by atoms with E-state index in [2.05, 4.69) is 15.3 Å². The predicted molar refractivity (Wildman–Crippen MR) is 99.7 cm³/mol. The van der Waals surface area contributed by atoms with Crippen molar-refractivity contribution >= 4 is 28.3 Å². The molecule has 0 aliphatic heterocycles. The molecule has 0 saturated carbocycles. The van der Waals surface area contributed by atoms with Crippen molar-refractivity contribution in [3.8, 4) is 11.3 Å². The summed E-state index contributed by atoms with van der Waals surface area (Å²) in [5.74, 6) is -0.610. The van der Waals surface area contributed by atoms with Crippen LogP contribution in [0.2, 0.25) is 0 Å². The second-order valence-corrected chi connectivity index (χ2v) is 7.10. The molecule has 2 heterocycles. The Labute approximate surface area is 159 Å². The lowest BCUT2D eigenvalue weighted by atomic mass is 10.1. The molecule has 1 atom stereocenters. The fraction of sp³-hybridized carbons (Fsp3) is 0.263. The zero-order chi connectivity index (χ0) is 18.8. The molecule has 2 aromatic heterocycles. The average molecular weight is 383 g/mol. The molecule has 27 heavy (non-hydrogen) atoms. The van der Waals surface area contributed by atoms with Crippen molar-refractivity contribution in [3.05, 3.63) is 53.0 Å². The fourth-order valence-electron chi connectivity index (χ4n) is 3.02. The summed E-state index contributed by atoms with van der Waals surface area (Å²) in [7, 11) is 0. The number of thiazole rings is 1. The van der Waals surface area contributed by atoms with Crippen molar-refractivity contribution in [3.63, 3.8) is 0 Å². The van der Waals surface area contributed by atoms with Crippen LogP contribution in [0, 0.1) is 0 Å². The number of nitrogens with zero attached hydrogens (tertiary/aromatic N) is 2. The van der Waals surface area contributed by atoms with E-state index >= 15 is 0 Å². The Morgan fingerprint density at radius 1 is 1.33 bits per heavy atom. The average Bonchev–Trinajstić information content (AvgIpc) is 3.38. The molecule has 0 bridgehead atoms. The number of anilines is 1. The first kappa shape index (κ1) is 17.4. The summed E-state index contributed by atoms with van der Waals surface area (Å²) in [5.41, 5.74) is 1.54. The van der Waals surface area contributed by atoms with Crippen molar-refractivity contribution in [2.45, 2.75) is 25.7 Å². The Morgan fingerprint density at radius 3 is 2.93 bits per heavy atom. The van der Waals surface area contributed by atoms with Gasteiger partial charge in [-0.1, -0.05) is 30.3 Å². The summed E-state index contributed by atoms with van der Waals surface area (Å²) < 4.78 is 10.7. The summed E-state index contributed by atoms with van der Waals surface area (Å²) in [6, 6.07) is 9.42. The Morgan fingerprint density at radius 2 is 2.15 bits per heavy atom. The SMILES string of the molecule is CCOC(=O)C1CCc2sc(NC(=O)c3ncc(-c4ccccc4)o3)nc21. The number of ether oxygens (including phenoxy) is 1. The number of hydrogen-bond acceptors (Lipinski definition) is 7. The van der Waals surface area contributed by atoms with Gasteiger partial charge in [0.05, 0.1) is 18.5 Å². The van der Waals surface area contributed by atoms with Crippen LogP contribution in [-0.4, -0.2) is 28.5 Å². The van der Waals surface area contributed by atoms with Crippen LogP contribution in [0.5, 0.6) is 0 Å². The maximum atomic E-state index is 12.4. The molecule has 1 unspecified atom stereocenters. The topological polar surface area (TPSA) is 94.3 Å². The van der Waals surface area contributed by atoms with E-state index in [1.54, 1.807) is 6.92 Å². The second-order valence-electron chi connectivity index (χ2n) is 6.02. The molecule has 0 radical (unpaired) electrons. The molecule has 1 amide bonds. The zero-order valence-electron chi connectivity index (χ0n) is 14.6. The maximum Gasteiger partial charge on any atom is 0.315 e. The monoisotopic (exact) mass is 383 g/mol. The molecule has 7 nitrogen and oxygen atoms in total. The van der Waals surface area contributed by atoms with Crippen LogP contribution in [-0.2, 0) is 16.0 Å². The Bertz CT molecular complexity index is 980. The second kappa shape index (κ2) is 7.32. The van der Waals surface area contributed by atoms with Gasteiger partial charge in [0, 0.05) is 10.4 Å². The third-order valence-corrected chi connectivity index (χ3v) is 5.31. The van der Waals surface area contributed by atoms with Crippen molar-refractivity contribution < 1.29 is 18.7 Å². The number of benzene rings is 1. The van der Waals surface area contributed by atoms with Crippen LogP contribution in [0.3, 0.4) is 0 Å². The molecule has 0 saturated heterocycles. The van der Waals surface area contributed by atoms with Gasteiger partial charge in [-0.2, -0.15) is 0 Å². The van der Waals surface area contributed by atoms with Crippen molar-refractivity contribution in [2.75, 3.05) is 11.9 Å². The van der Waals surface area contributed by atoms with E-state index in [0.29, 0.717) is 29.6 Å². The Kier molecular flexibility index (Phi) is 4.72. The van der Waals surface area contributed by atoms with Gasteiger partial charge in [-0.15, -0.1) is 11.3 Å². The van der Waals surface area contributed by atoms with Crippen LogP contribution < -0.4 is 5.32 Å². The lowest BCUT2D eigenvalue weighted by Crippen LogP contribution is -2.15. The van der Waals surface area contributed by atoms with Gasteiger partial charge in [0.2, 0.25) is 0 Å². The number of esters is 1. The minimum absolute atomic E-state index is 0.0360. The zero-order valence-corrected chi connectivity index (χ0v) is 15.4. The highest BCUT2D eigenvalue weighted by Crippen LogP contribution is 2.39. The van der Waals surface area contributed by atoms with Gasteiger partial charge in [-0.25, -0.2) is 9.97 Å². The largest absolute Gasteiger partial charge is 0.465 e. The van der Waals surface area contributed by atoms with E-state index in [9.17, 15) is 9.59 Å². The molecule has 138 valence electrons. The molecule has 1 aliphatic rings. The number of carbonyl (C=O) groups excluding carboxylic acids is 2. The number of rotatable bonds is 5. The van der Waals surface area contributed by atoms with E-state index in [0.717, 1.165) is 16.9 Å². The number of aromatic nitrogens is 2. The highest BCUT2D eigenvalue weighted by atomic mass is 32.1. The number of oxazole rings is 1. The van der Waals surface area contributed by atoms with Gasteiger partial charge in [0.25, 0.3) is 5.89 Å². The third-order valence-electron chi connectivity index (χ3n) is 4.27. The summed E-state index contributed by atoms with van der Waals surface area (Å²) >= 11 is 1.37. The highest BCUT2D eigenvalue weighted by molar-refractivity contribution is 7.16. The van der Waals surface area contributed by atoms with Crippen molar-refractivity contribution in [2.24, 2.45) is 0 Å². The number of fused-ring (bicyclic) bond motifs is 1. The number of hydrogen-bond donors (Lipinski definition) is 1. The molecule has 1 aromatic carbocycles.